The first-order valence-electron chi connectivity index (χ1n) is 5.98. The average molecular weight is 455 g/mol. The molecule has 2 rings (SSSR count). The highest BCUT2D eigenvalue weighted by Gasteiger charge is 2.21. The molecule has 0 N–H and O–H groups in total. The Hall–Kier alpha value is -0.420. The van der Waals surface area contributed by atoms with Crippen molar-refractivity contribution in [3.8, 4) is 11.5 Å². The number of rotatable bonds is 4. The third kappa shape index (κ3) is 3.67. The van der Waals surface area contributed by atoms with Gasteiger partial charge in [0, 0.05) is 15.1 Å². The summed E-state index contributed by atoms with van der Waals surface area (Å²) in [4.78, 5) is 0. The Labute approximate surface area is 150 Å². The fourth-order valence-electron chi connectivity index (χ4n) is 1.96. The Balaban J connectivity index is 2.56. The first-order chi connectivity index (χ1) is 9.97. The molecule has 0 aromatic heterocycles. The molecule has 0 aliphatic heterocycles. The van der Waals surface area contributed by atoms with Gasteiger partial charge in [-0.25, -0.2) is 0 Å². The number of hydrogen-bond donors (Lipinski definition) is 0. The van der Waals surface area contributed by atoms with E-state index in [0.29, 0.717) is 16.5 Å². The van der Waals surface area contributed by atoms with Crippen LogP contribution in [0.4, 0.5) is 0 Å². The SMILES string of the molecule is COc1cc(C(Cl)c2cc(Cl)ccc2Br)c(OC)cc1Br. The van der Waals surface area contributed by atoms with E-state index in [1.165, 1.54) is 0 Å². The van der Waals surface area contributed by atoms with Crippen molar-refractivity contribution in [1.82, 2.24) is 0 Å². The molecule has 0 amide bonds. The van der Waals surface area contributed by atoms with Crippen LogP contribution in [0.1, 0.15) is 16.5 Å². The molecule has 0 fully saturated rings. The van der Waals surface area contributed by atoms with Gasteiger partial charge in [0.2, 0.25) is 0 Å². The van der Waals surface area contributed by atoms with Gasteiger partial charge < -0.3 is 9.47 Å². The highest BCUT2D eigenvalue weighted by atomic mass is 79.9. The molecule has 2 nitrogen and oxygen atoms in total. The molecule has 0 aliphatic carbocycles. The van der Waals surface area contributed by atoms with E-state index in [2.05, 4.69) is 31.9 Å². The van der Waals surface area contributed by atoms with E-state index in [4.69, 9.17) is 32.7 Å². The second kappa shape index (κ2) is 7.23. The summed E-state index contributed by atoms with van der Waals surface area (Å²) >= 11 is 19.6. The fraction of sp³-hybridized carbons (Fsp3) is 0.200. The zero-order chi connectivity index (χ0) is 15.6. The predicted octanol–water partition coefficient (Wildman–Crippen LogP) is 6.21. The van der Waals surface area contributed by atoms with Crippen molar-refractivity contribution in [2.24, 2.45) is 0 Å². The number of ether oxygens (including phenoxy) is 2. The van der Waals surface area contributed by atoms with Crippen LogP contribution in [0, 0.1) is 0 Å². The van der Waals surface area contributed by atoms with Crippen LogP contribution >= 0.6 is 55.1 Å². The molecule has 0 saturated carbocycles. The molecule has 0 saturated heterocycles. The summed E-state index contributed by atoms with van der Waals surface area (Å²) in [6, 6.07) is 9.20. The Morgan fingerprint density at radius 1 is 0.905 bits per heavy atom. The van der Waals surface area contributed by atoms with Gasteiger partial charge in [0.15, 0.2) is 0 Å². The lowest BCUT2D eigenvalue weighted by molar-refractivity contribution is 0.397. The van der Waals surface area contributed by atoms with Crippen molar-refractivity contribution in [1.29, 1.82) is 0 Å². The molecule has 1 unspecified atom stereocenters. The molecule has 112 valence electrons. The van der Waals surface area contributed by atoms with Crippen LogP contribution in [0.3, 0.4) is 0 Å². The Bertz CT molecular complexity index is 662. The van der Waals surface area contributed by atoms with Gasteiger partial charge in [-0.15, -0.1) is 11.6 Å². The number of benzene rings is 2. The Morgan fingerprint density at radius 2 is 1.57 bits per heavy atom. The van der Waals surface area contributed by atoms with E-state index in [1.54, 1.807) is 20.3 Å². The van der Waals surface area contributed by atoms with Crippen LogP contribution in [-0.2, 0) is 0 Å². The van der Waals surface area contributed by atoms with Gasteiger partial charge in [-0.2, -0.15) is 0 Å². The summed E-state index contributed by atoms with van der Waals surface area (Å²) in [6.07, 6.45) is 0. The quantitative estimate of drug-likeness (QED) is 0.511. The van der Waals surface area contributed by atoms with Crippen molar-refractivity contribution in [3.05, 3.63) is 55.4 Å². The average Bonchev–Trinajstić information content (AvgIpc) is 2.48. The van der Waals surface area contributed by atoms with E-state index in [0.717, 1.165) is 20.1 Å². The molecule has 2 aromatic carbocycles. The van der Waals surface area contributed by atoms with E-state index in [-0.39, 0.29) is 0 Å². The minimum atomic E-state index is -0.421. The third-order valence-electron chi connectivity index (χ3n) is 3.01. The lowest BCUT2D eigenvalue weighted by Gasteiger charge is -2.18. The van der Waals surface area contributed by atoms with Crippen molar-refractivity contribution in [2.75, 3.05) is 14.2 Å². The summed E-state index contributed by atoms with van der Waals surface area (Å²) in [5.74, 6) is 1.36. The largest absolute Gasteiger partial charge is 0.496 e. The normalized spacial score (nSPS) is 12.1. The van der Waals surface area contributed by atoms with Crippen LogP contribution < -0.4 is 9.47 Å². The number of alkyl halides is 1. The molecule has 0 bridgehead atoms. The summed E-state index contributed by atoms with van der Waals surface area (Å²) in [6.45, 7) is 0. The van der Waals surface area contributed by atoms with Crippen LogP contribution in [0.5, 0.6) is 11.5 Å². The van der Waals surface area contributed by atoms with E-state index in [1.807, 2.05) is 24.3 Å². The van der Waals surface area contributed by atoms with Crippen LogP contribution in [-0.4, -0.2) is 14.2 Å². The van der Waals surface area contributed by atoms with Gasteiger partial charge in [0.25, 0.3) is 0 Å². The molecule has 0 aliphatic rings. The molecule has 21 heavy (non-hydrogen) atoms. The lowest BCUT2D eigenvalue weighted by Crippen LogP contribution is -2.00. The molecular formula is C15H12Br2Cl2O2. The van der Waals surface area contributed by atoms with Gasteiger partial charge >= 0.3 is 0 Å². The minimum absolute atomic E-state index is 0.421. The maximum atomic E-state index is 6.63. The van der Waals surface area contributed by atoms with Crippen LogP contribution in [0.25, 0.3) is 0 Å². The first kappa shape index (κ1) is 16.9. The summed E-state index contributed by atoms with van der Waals surface area (Å²) in [5, 5.41) is 0.205. The zero-order valence-electron chi connectivity index (χ0n) is 11.3. The molecule has 0 spiro atoms. The maximum Gasteiger partial charge on any atom is 0.133 e. The van der Waals surface area contributed by atoms with Gasteiger partial charge in [0.05, 0.1) is 24.1 Å². The molecule has 1 atom stereocenters. The predicted molar refractivity (Wildman–Crippen MR) is 94.1 cm³/mol. The summed E-state index contributed by atoms with van der Waals surface area (Å²) in [5.41, 5.74) is 1.68. The highest BCUT2D eigenvalue weighted by Crippen LogP contribution is 2.43. The van der Waals surface area contributed by atoms with Crippen molar-refractivity contribution in [2.45, 2.75) is 5.38 Å². The molecular weight excluding hydrogens is 443 g/mol. The Kier molecular flexibility index (Phi) is 5.83. The highest BCUT2D eigenvalue weighted by molar-refractivity contribution is 9.10. The Morgan fingerprint density at radius 3 is 2.19 bits per heavy atom. The van der Waals surface area contributed by atoms with Crippen molar-refractivity contribution in [3.63, 3.8) is 0 Å². The second-order valence-corrected chi connectivity index (χ2v) is 6.84. The second-order valence-electron chi connectivity index (χ2n) is 4.26. The van der Waals surface area contributed by atoms with Crippen molar-refractivity contribution < 1.29 is 9.47 Å². The molecule has 0 heterocycles. The van der Waals surface area contributed by atoms with Gasteiger partial charge in [0.1, 0.15) is 11.5 Å². The molecule has 6 heteroatoms. The van der Waals surface area contributed by atoms with Crippen LogP contribution in [0.15, 0.2) is 39.3 Å². The van der Waals surface area contributed by atoms with Gasteiger partial charge in [-0.3, -0.25) is 0 Å². The van der Waals surface area contributed by atoms with E-state index in [9.17, 15) is 0 Å². The van der Waals surface area contributed by atoms with Crippen LogP contribution in [0.2, 0.25) is 5.02 Å². The first-order valence-corrected chi connectivity index (χ1v) is 8.38. The maximum absolute atomic E-state index is 6.63. The summed E-state index contributed by atoms with van der Waals surface area (Å²) < 4.78 is 12.4. The third-order valence-corrected chi connectivity index (χ3v) is 5.06. The van der Waals surface area contributed by atoms with Gasteiger partial charge in [-0.1, -0.05) is 27.5 Å². The minimum Gasteiger partial charge on any atom is -0.496 e. The molecule has 2 aromatic rings. The van der Waals surface area contributed by atoms with Crippen molar-refractivity contribution >= 4 is 55.1 Å². The van der Waals surface area contributed by atoms with E-state index >= 15 is 0 Å². The number of hydrogen-bond acceptors (Lipinski definition) is 2. The smallest absolute Gasteiger partial charge is 0.133 e. The van der Waals surface area contributed by atoms with Gasteiger partial charge in [-0.05, 0) is 51.8 Å². The monoisotopic (exact) mass is 452 g/mol. The topological polar surface area (TPSA) is 18.5 Å². The lowest BCUT2D eigenvalue weighted by atomic mass is 10.0. The summed E-state index contributed by atoms with van der Waals surface area (Å²) in [7, 11) is 3.21. The number of halogens is 4. The fourth-order valence-corrected chi connectivity index (χ4v) is 3.58. The zero-order valence-corrected chi connectivity index (χ0v) is 16.0. The standard InChI is InChI=1S/C15H12Br2Cl2O2/c1-20-13-7-12(17)14(21-2)6-10(13)15(19)9-5-8(18)3-4-11(9)16/h3-7,15H,1-2H3. The van der Waals surface area contributed by atoms with E-state index < -0.39 is 5.38 Å². The number of methoxy groups -OCH3 is 2. The molecule has 0 radical (unpaired) electrons.